The van der Waals surface area contributed by atoms with Crippen LogP contribution in [0.4, 0.5) is 29.3 Å². The first-order valence-electron chi connectivity index (χ1n) is 13.8. The summed E-state index contributed by atoms with van der Waals surface area (Å²) in [6.07, 6.45) is 0.655. The molecular weight excluding hydrogens is 547 g/mol. The summed E-state index contributed by atoms with van der Waals surface area (Å²) in [5, 5.41) is 10.4. The maximum atomic E-state index is 13.9. The van der Waals surface area contributed by atoms with Crippen LogP contribution in [0, 0.1) is 0 Å². The molecule has 224 valence electrons. The number of hydrogen-bond donors (Lipinski definition) is 2. The summed E-state index contributed by atoms with van der Waals surface area (Å²) in [5.41, 5.74) is 2.33. The number of methoxy groups -OCH3 is 1. The number of hydrogen-bond acceptors (Lipinski definition) is 6. The van der Waals surface area contributed by atoms with Crippen LogP contribution in [-0.2, 0) is 19.8 Å². The number of fused-ring (bicyclic) bond motifs is 1. The molecule has 42 heavy (non-hydrogen) atoms. The number of rotatable bonds is 6. The quantitative estimate of drug-likeness (QED) is 0.286. The highest BCUT2D eigenvalue weighted by molar-refractivity contribution is 6.01. The average Bonchev–Trinajstić information content (AvgIpc) is 3.36. The second-order valence-electron chi connectivity index (χ2n) is 9.83. The highest BCUT2D eigenvalue weighted by Gasteiger charge is 2.34. The van der Waals surface area contributed by atoms with E-state index in [4.69, 9.17) is 4.74 Å². The molecule has 2 N–H and O–H groups in total. The molecule has 1 saturated heterocycles. The van der Waals surface area contributed by atoms with Crippen molar-refractivity contribution in [3.8, 4) is 16.9 Å². The molecule has 0 atom stereocenters. The molecule has 1 fully saturated rings. The second-order valence-corrected chi connectivity index (χ2v) is 9.83. The minimum atomic E-state index is -4.55. The lowest BCUT2D eigenvalue weighted by molar-refractivity contribution is -0.138. The van der Waals surface area contributed by atoms with Gasteiger partial charge in [0.25, 0.3) is 0 Å². The predicted molar refractivity (Wildman–Crippen MR) is 159 cm³/mol. The highest BCUT2D eigenvalue weighted by atomic mass is 19.4. The zero-order valence-electron chi connectivity index (χ0n) is 24.4. The summed E-state index contributed by atoms with van der Waals surface area (Å²) in [7, 11) is 5.30. The largest absolute Gasteiger partial charge is 0.495 e. The first kappa shape index (κ1) is 30.8. The van der Waals surface area contributed by atoms with Crippen LogP contribution in [0.25, 0.3) is 22.0 Å². The Kier molecular flexibility index (Phi) is 9.69. The summed E-state index contributed by atoms with van der Waals surface area (Å²) >= 11 is 0. The van der Waals surface area contributed by atoms with Gasteiger partial charge < -0.3 is 20.3 Å². The highest BCUT2D eigenvalue weighted by Crippen LogP contribution is 2.36. The number of amides is 2. The number of nitrogens with one attached hydrogen (secondary N) is 2. The number of piperazine rings is 1. The molecule has 2 aromatic carbocycles. The molecule has 0 aliphatic carbocycles. The second kappa shape index (κ2) is 13.2. The Morgan fingerprint density at radius 3 is 2.40 bits per heavy atom. The van der Waals surface area contributed by atoms with E-state index in [1.165, 1.54) is 19.2 Å². The van der Waals surface area contributed by atoms with Gasteiger partial charge in [0.05, 0.1) is 36.3 Å². The van der Waals surface area contributed by atoms with Crippen LogP contribution in [0.15, 0.2) is 55.0 Å². The number of aromatic nitrogens is 3. The lowest BCUT2D eigenvalue weighted by Crippen LogP contribution is -2.44. The number of pyridine rings is 1. The molecule has 2 aromatic heterocycles. The SMILES string of the molecule is CC.COc1cc(-c2cncc3c2cnn3C)ccc1NC(=O)Nc1ccc(CN2CCN(C)CC2)c(C(F)(F)F)c1. The van der Waals surface area contributed by atoms with Crippen LogP contribution in [0.5, 0.6) is 5.75 Å². The molecule has 3 heterocycles. The summed E-state index contributed by atoms with van der Waals surface area (Å²) in [6, 6.07) is 8.43. The van der Waals surface area contributed by atoms with Crippen LogP contribution < -0.4 is 15.4 Å². The first-order valence-corrected chi connectivity index (χ1v) is 13.8. The number of alkyl halides is 3. The fraction of sp³-hybridized carbons (Fsp3) is 0.367. The molecule has 0 spiro atoms. The molecule has 9 nitrogen and oxygen atoms in total. The molecule has 12 heteroatoms. The van der Waals surface area contributed by atoms with Gasteiger partial charge in [0.1, 0.15) is 5.75 Å². The van der Waals surface area contributed by atoms with E-state index < -0.39 is 17.8 Å². The van der Waals surface area contributed by atoms with E-state index in [9.17, 15) is 18.0 Å². The molecule has 0 radical (unpaired) electrons. The van der Waals surface area contributed by atoms with Crippen LogP contribution in [0.3, 0.4) is 0 Å². The average molecular weight is 584 g/mol. The lowest BCUT2D eigenvalue weighted by Gasteiger charge is -2.33. The zero-order valence-corrected chi connectivity index (χ0v) is 24.4. The minimum Gasteiger partial charge on any atom is -0.495 e. The number of anilines is 2. The van der Waals surface area contributed by atoms with Gasteiger partial charge in [0.15, 0.2) is 0 Å². The molecule has 1 aliphatic rings. The van der Waals surface area contributed by atoms with E-state index in [0.29, 0.717) is 24.5 Å². The van der Waals surface area contributed by atoms with E-state index in [1.807, 2.05) is 32.8 Å². The third-order valence-corrected chi connectivity index (χ3v) is 7.10. The van der Waals surface area contributed by atoms with E-state index >= 15 is 0 Å². The van der Waals surface area contributed by atoms with Crippen molar-refractivity contribution in [2.45, 2.75) is 26.6 Å². The van der Waals surface area contributed by atoms with Crippen molar-refractivity contribution in [1.82, 2.24) is 24.6 Å². The molecule has 0 unspecified atom stereocenters. The third-order valence-electron chi connectivity index (χ3n) is 7.10. The van der Waals surface area contributed by atoms with Gasteiger partial charge in [-0.05, 0) is 42.4 Å². The van der Waals surface area contributed by atoms with E-state index in [2.05, 4.69) is 25.6 Å². The van der Waals surface area contributed by atoms with Gasteiger partial charge in [0, 0.05) is 62.6 Å². The number of benzene rings is 2. The van der Waals surface area contributed by atoms with Crippen molar-refractivity contribution < 1.29 is 22.7 Å². The topological polar surface area (TPSA) is 87.5 Å². The third kappa shape index (κ3) is 7.00. The molecule has 2 amide bonds. The Morgan fingerprint density at radius 2 is 1.71 bits per heavy atom. The molecule has 1 aliphatic heterocycles. The van der Waals surface area contributed by atoms with Gasteiger partial charge in [-0.15, -0.1) is 0 Å². The Hall–Kier alpha value is -4.16. The number of aryl methyl sites for hydroxylation is 1. The number of likely N-dealkylation sites (N-methyl/N-ethyl adjacent to an activating group) is 1. The van der Waals surface area contributed by atoms with Gasteiger partial charge in [0.2, 0.25) is 0 Å². The van der Waals surface area contributed by atoms with Crippen molar-refractivity contribution in [2.75, 3.05) is 51.0 Å². The normalized spacial score (nSPS) is 14.3. The molecular formula is C30H36F3N7O2. The molecule has 0 bridgehead atoms. The Morgan fingerprint density at radius 1 is 0.976 bits per heavy atom. The van der Waals surface area contributed by atoms with Crippen molar-refractivity contribution in [3.63, 3.8) is 0 Å². The maximum absolute atomic E-state index is 13.9. The van der Waals surface area contributed by atoms with Gasteiger partial charge in [-0.2, -0.15) is 18.3 Å². The minimum absolute atomic E-state index is 0.0388. The van der Waals surface area contributed by atoms with Gasteiger partial charge in [-0.1, -0.05) is 26.0 Å². The maximum Gasteiger partial charge on any atom is 0.416 e. The fourth-order valence-electron chi connectivity index (χ4n) is 4.84. The summed E-state index contributed by atoms with van der Waals surface area (Å²) in [4.78, 5) is 21.2. The molecule has 0 saturated carbocycles. The van der Waals surface area contributed by atoms with Gasteiger partial charge in [-0.3, -0.25) is 14.6 Å². The van der Waals surface area contributed by atoms with Crippen LogP contribution in [-0.4, -0.2) is 70.9 Å². The summed E-state index contributed by atoms with van der Waals surface area (Å²) < 4.78 is 49.0. The van der Waals surface area contributed by atoms with E-state index in [1.54, 1.807) is 41.5 Å². The number of carbonyl (C=O) groups excluding carboxylic acids is 1. The summed E-state index contributed by atoms with van der Waals surface area (Å²) in [5.74, 6) is 0.382. The van der Waals surface area contributed by atoms with Crippen LogP contribution in [0.2, 0.25) is 0 Å². The first-order chi connectivity index (χ1) is 20.1. The monoisotopic (exact) mass is 583 g/mol. The molecule has 5 rings (SSSR count). The number of halogens is 3. The van der Waals surface area contributed by atoms with Crippen molar-refractivity contribution in [3.05, 3.63) is 66.1 Å². The van der Waals surface area contributed by atoms with E-state index in [0.717, 1.165) is 41.2 Å². The standard InChI is InChI=1S/C28H30F3N7O2.C2H6/c1-36-8-10-38(11-9-36)17-19-4-6-20(13-23(19)28(29,30)31)34-27(39)35-24-7-5-18(12-26(24)40-3)21-14-32-16-25-22(21)15-33-37(25)2;1-2/h4-7,12-16H,8-11,17H2,1-3H3,(H2,34,35,39);1-2H3. The molecule has 4 aromatic rings. The van der Waals surface area contributed by atoms with E-state index in [-0.39, 0.29) is 17.8 Å². The Balaban J connectivity index is 0.00000198. The number of carbonyl (C=O) groups is 1. The van der Waals surface area contributed by atoms with Crippen LogP contribution in [0.1, 0.15) is 25.0 Å². The van der Waals surface area contributed by atoms with Crippen molar-refractivity contribution in [1.29, 1.82) is 0 Å². The smallest absolute Gasteiger partial charge is 0.416 e. The van der Waals surface area contributed by atoms with Crippen molar-refractivity contribution >= 4 is 28.3 Å². The van der Waals surface area contributed by atoms with Crippen LogP contribution >= 0.6 is 0 Å². The van der Waals surface area contributed by atoms with Gasteiger partial charge in [-0.25, -0.2) is 4.79 Å². The zero-order chi connectivity index (χ0) is 30.4. The number of urea groups is 1. The Bertz CT molecular complexity index is 1530. The predicted octanol–water partition coefficient (Wildman–Crippen LogP) is 6.08. The number of ether oxygens (including phenoxy) is 1. The van der Waals surface area contributed by atoms with Crippen molar-refractivity contribution in [2.24, 2.45) is 7.05 Å². The Labute approximate surface area is 243 Å². The summed E-state index contributed by atoms with van der Waals surface area (Å²) in [6.45, 7) is 7.21. The number of nitrogens with zero attached hydrogens (tertiary/aromatic N) is 5. The van der Waals surface area contributed by atoms with Gasteiger partial charge >= 0.3 is 12.2 Å². The lowest BCUT2D eigenvalue weighted by atomic mass is 10.0. The fourth-order valence-corrected chi connectivity index (χ4v) is 4.84.